The molecule has 180 valence electrons. The predicted octanol–water partition coefficient (Wildman–Crippen LogP) is 3.77. The van der Waals surface area contributed by atoms with E-state index in [9.17, 15) is 9.59 Å². The van der Waals surface area contributed by atoms with E-state index in [2.05, 4.69) is 25.7 Å². The number of nitrogens with one attached hydrogen (secondary N) is 1. The number of aromatic nitrogens is 5. The van der Waals surface area contributed by atoms with Crippen molar-refractivity contribution in [1.82, 2.24) is 25.0 Å². The monoisotopic (exact) mass is 510 g/mol. The van der Waals surface area contributed by atoms with Crippen molar-refractivity contribution in [3.8, 4) is 27.7 Å². The number of carbonyl (C=O) groups excluding carboxylic acids is 2. The zero-order chi connectivity index (χ0) is 24.6. The first-order valence-corrected chi connectivity index (χ1v) is 12.3. The third kappa shape index (κ3) is 6.22. The molecule has 0 unspecified atom stereocenters. The van der Waals surface area contributed by atoms with E-state index in [-0.39, 0.29) is 24.1 Å². The van der Waals surface area contributed by atoms with Crippen molar-refractivity contribution in [3.05, 3.63) is 54.6 Å². The number of benzene rings is 2. The highest BCUT2D eigenvalue weighted by Crippen LogP contribution is 2.28. The van der Waals surface area contributed by atoms with Gasteiger partial charge in [-0.05, 0) is 24.3 Å². The van der Waals surface area contributed by atoms with E-state index in [1.165, 1.54) is 30.2 Å². The second kappa shape index (κ2) is 11.6. The van der Waals surface area contributed by atoms with Crippen LogP contribution in [-0.2, 0) is 20.9 Å². The average Bonchev–Trinajstić information content (AvgIpc) is 3.53. The Morgan fingerprint density at radius 3 is 2.46 bits per heavy atom. The van der Waals surface area contributed by atoms with E-state index in [1.807, 2.05) is 59.2 Å². The molecule has 1 amide bonds. The van der Waals surface area contributed by atoms with Gasteiger partial charge in [0.1, 0.15) is 10.8 Å². The highest BCUT2D eigenvalue weighted by Gasteiger charge is 2.17. The predicted molar refractivity (Wildman–Crippen MR) is 133 cm³/mol. The van der Waals surface area contributed by atoms with Crippen LogP contribution in [0.3, 0.4) is 0 Å². The highest BCUT2D eigenvalue weighted by molar-refractivity contribution is 7.99. The van der Waals surface area contributed by atoms with E-state index in [0.29, 0.717) is 27.7 Å². The van der Waals surface area contributed by atoms with Crippen LogP contribution in [0.4, 0.5) is 5.13 Å². The Morgan fingerprint density at radius 2 is 1.74 bits per heavy atom. The zero-order valence-electron chi connectivity index (χ0n) is 19.0. The molecule has 0 aliphatic rings. The van der Waals surface area contributed by atoms with Crippen molar-refractivity contribution in [2.45, 2.75) is 18.1 Å². The van der Waals surface area contributed by atoms with Gasteiger partial charge in [-0.1, -0.05) is 53.4 Å². The molecule has 1 N–H and O–H groups in total. The van der Waals surface area contributed by atoms with Crippen LogP contribution in [0.1, 0.15) is 6.42 Å². The molecule has 0 aliphatic heterocycles. The number of nitrogens with zero attached hydrogens (tertiary/aromatic N) is 5. The van der Waals surface area contributed by atoms with Crippen LogP contribution in [0.2, 0.25) is 0 Å². The van der Waals surface area contributed by atoms with Gasteiger partial charge in [-0.2, -0.15) is 0 Å². The SMILES string of the molecule is COC(=O)CCn1c(SCC(=O)Nc2nnc(-c3ccc(OC)cc3)s2)nnc1-c1ccccc1. The minimum atomic E-state index is -0.338. The standard InChI is InChI=1S/C23H22N6O4S2/c1-32-17-10-8-16(9-11-17)21-26-27-22(35-21)24-18(30)14-34-23-28-25-20(15-6-4-3-5-7-15)29(23)13-12-19(31)33-2/h3-11H,12-14H2,1-2H3,(H,24,27,30). The summed E-state index contributed by atoms with van der Waals surface area (Å²) in [6.45, 7) is 0.329. The van der Waals surface area contributed by atoms with Gasteiger partial charge in [-0.25, -0.2) is 0 Å². The van der Waals surface area contributed by atoms with Crippen molar-refractivity contribution >= 4 is 40.1 Å². The number of amides is 1. The van der Waals surface area contributed by atoms with Gasteiger partial charge in [-0.15, -0.1) is 20.4 Å². The molecule has 2 heterocycles. The van der Waals surface area contributed by atoms with Crippen molar-refractivity contribution < 1.29 is 19.1 Å². The summed E-state index contributed by atoms with van der Waals surface area (Å²) in [6, 6.07) is 17.0. The molecule has 2 aromatic heterocycles. The van der Waals surface area contributed by atoms with Gasteiger partial charge in [0.25, 0.3) is 0 Å². The van der Waals surface area contributed by atoms with E-state index in [4.69, 9.17) is 9.47 Å². The van der Waals surface area contributed by atoms with Gasteiger partial charge < -0.3 is 14.0 Å². The van der Waals surface area contributed by atoms with Crippen LogP contribution < -0.4 is 10.1 Å². The maximum atomic E-state index is 12.6. The van der Waals surface area contributed by atoms with E-state index in [0.717, 1.165) is 16.9 Å². The van der Waals surface area contributed by atoms with Crippen molar-refractivity contribution in [1.29, 1.82) is 0 Å². The summed E-state index contributed by atoms with van der Waals surface area (Å²) in [5.41, 5.74) is 1.74. The Labute approximate surface area is 209 Å². The first-order valence-electron chi connectivity index (χ1n) is 10.5. The lowest BCUT2D eigenvalue weighted by Gasteiger charge is -2.09. The van der Waals surface area contributed by atoms with E-state index < -0.39 is 0 Å². The molecule has 0 radical (unpaired) electrons. The molecule has 0 spiro atoms. The first kappa shape index (κ1) is 24.4. The highest BCUT2D eigenvalue weighted by atomic mass is 32.2. The summed E-state index contributed by atoms with van der Waals surface area (Å²) < 4.78 is 11.7. The number of anilines is 1. The van der Waals surface area contributed by atoms with Crippen molar-refractivity contribution in [3.63, 3.8) is 0 Å². The fourth-order valence-corrected chi connectivity index (χ4v) is 4.64. The summed E-state index contributed by atoms with van der Waals surface area (Å²) >= 11 is 2.50. The molecule has 0 saturated heterocycles. The molecule has 4 aromatic rings. The number of carbonyl (C=O) groups is 2. The lowest BCUT2D eigenvalue weighted by atomic mass is 10.2. The molecule has 0 fully saturated rings. The molecule has 12 heteroatoms. The lowest BCUT2D eigenvalue weighted by Crippen LogP contribution is -2.15. The molecule has 0 aliphatic carbocycles. The third-order valence-electron chi connectivity index (χ3n) is 4.86. The number of esters is 1. The van der Waals surface area contributed by atoms with Crippen LogP contribution in [0.15, 0.2) is 59.8 Å². The van der Waals surface area contributed by atoms with E-state index in [1.54, 1.807) is 7.11 Å². The third-order valence-corrected chi connectivity index (χ3v) is 6.71. The van der Waals surface area contributed by atoms with Crippen LogP contribution in [-0.4, -0.2) is 56.8 Å². The molecule has 2 aromatic carbocycles. The fraction of sp³-hybridized carbons (Fsp3) is 0.217. The molecule has 0 bridgehead atoms. The summed E-state index contributed by atoms with van der Waals surface area (Å²) in [7, 11) is 2.95. The normalized spacial score (nSPS) is 10.7. The summed E-state index contributed by atoms with van der Waals surface area (Å²) in [4.78, 5) is 24.3. The lowest BCUT2D eigenvalue weighted by molar-refractivity contribution is -0.140. The van der Waals surface area contributed by atoms with Gasteiger partial charge in [0.2, 0.25) is 11.0 Å². The number of methoxy groups -OCH3 is 2. The van der Waals surface area contributed by atoms with Crippen LogP contribution in [0, 0.1) is 0 Å². The van der Waals surface area contributed by atoms with Crippen LogP contribution >= 0.6 is 23.1 Å². The first-order chi connectivity index (χ1) is 17.1. The molecule has 35 heavy (non-hydrogen) atoms. The Morgan fingerprint density at radius 1 is 0.971 bits per heavy atom. The molecule has 0 atom stereocenters. The zero-order valence-corrected chi connectivity index (χ0v) is 20.6. The summed E-state index contributed by atoms with van der Waals surface area (Å²) in [5, 5.41) is 21.1. The molecule has 10 nitrogen and oxygen atoms in total. The minimum absolute atomic E-state index is 0.0859. The minimum Gasteiger partial charge on any atom is -0.497 e. The summed E-state index contributed by atoms with van der Waals surface area (Å²) in [5.74, 6) is 0.860. The second-order valence-electron chi connectivity index (χ2n) is 7.13. The van der Waals surface area contributed by atoms with Gasteiger partial charge in [0, 0.05) is 17.7 Å². The number of rotatable bonds is 10. The summed E-state index contributed by atoms with van der Waals surface area (Å²) in [6.07, 6.45) is 0.160. The Balaban J connectivity index is 1.41. The van der Waals surface area contributed by atoms with Crippen LogP contribution in [0.25, 0.3) is 22.0 Å². The largest absolute Gasteiger partial charge is 0.497 e. The van der Waals surface area contributed by atoms with Gasteiger partial charge in [0.05, 0.1) is 26.4 Å². The smallest absolute Gasteiger partial charge is 0.307 e. The molecular formula is C23H22N6O4S2. The maximum Gasteiger partial charge on any atom is 0.307 e. The Kier molecular flexibility index (Phi) is 8.06. The molecule has 4 rings (SSSR count). The van der Waals surface area contributed by atoms with Gasteiger partial charge in [-0.3, -0.25) is 14.9 Å². The number of hydrogen-bond donors (Lipinski definition) is 1. The number of hydrogen-bond acceptors (Lipinski definition) is 10. The average molecular weight is 511 g/mol. The molecule has 0 saturated carbocycles. The molecular weight excluding hydrogens is 488 g/mol. The number of thioether (sulfide) groups is 1. The number of ether oxygens (including phenoxy) is 2. The van der Waals surface area contributed by atoms with Crippen LogP contribution in [0.5, 0.6) is 5.75 Å². The van der Waals surface area contributed by atoms with E-state index >= 15 is 0 Å². The van der Waals surface area contributed by atoms with Crippen molar-refractivity contribution in [2.75, 3.05) is 25.3 Å². The fourth-order valence-electron chi connectivity index (χ4n) is 3.11. The second-order valence-corrected chi connectivity index (χ2v) is 9.05. The Bertz CT molecular complexity index is 1290. The Hall–Kier alpha value is -3.77. The maximum absolute atomic E-state index is 12.6. The quantitative estimate of drug-likeness (QED) is 0.251. The topological polar surface area (TPSA) is 121 Å². The van der Waals surface area contributed by atoms with Gasteiger partial charge in [0.15, 0.2) is 11.0 Å². The van der Waals surface area contributed by atoms with Gasteiger partial charge >= 0.3 is 5.97 Å². The van der Waals surface area contributed by atoms with Crippen molar-refractivity contribution in [2.24, 2.45) is 0 Å².